The maximum Gasteiger partial charge on any atom is 0.336 e. The van der Waals surface area contributed by atoms with E-state index >= 15 is 0 Å². The number of esters is 2. The highest BCUT2D eigenvalue weighted by atomic mass is 16.7. The topological polar surface area (TPSA) is 231 Å². The molecule has 0 aromatic heterocycles. The first-order chi connectivity index (χ1) is 27.6. The number of allylic oxidation sites excluding steroid dienone is 4. The second-order valence-electron chi connectivity index (χ2n) is 16.7. The van der Waals surface area contributed by atoms with Gasteiger partial charge in [0.25, 0.3) is 0 Å². The van der Waals surface area contributed by atoms with Gasteiger partial charge in [0, 0.05) is 25.9 Å². The van der Waals surface area contributed by atoms with Crippen LogP contribution in [0.2, 0.25) is 0 Å². The molecule has 13 unspecified atom stereocenters. The van der Waals surface area contributed by atoms with E-state index in [1.165, 1.54) is 27.0 Å². The van der Waals surface area contributed by atoms with Crippen molar-refractivity contribution in [2.75, 3.05) is 20.3 Å². The molecule has 0 aliphatic carbocycles. The molecule has 0 amide bonds. The lowest BCUT2D eigenvalue weighted by atomic mass is 9.88. The Morgan fingerprint density at radius 1 is 0.983 bits per heavy atom. The Labute approximate surface area is 350 Å². The predicted octanol–water partition coefficient (Wildman–Crippen LogP) is 3.12. The number of cyclic esters (lactones) is 1. The zero-order chi connectivity index (χ0) is 44.8. The minimum Gasteiger partial charge on any atom is -0.456 e. The standard InChI is InChI=1S/C44H72O15/c1-12-30-21-26(5)32(47)16-14-13-15-31(23-55-29(8)36(49)37(50)34(22-45)54-11)42(53)56-33(28(7)46)18-17-25(4)20-27(6)40(30)58-43-39(52)38(51)41(44(9,10)59-43)57-35(48)19-24(2)3/h13-15,17,20-21,24,28-30,32-34,36-41,43,45-47,49-52H,12,16,18-19,22-23H2,1-11H3/b14-13+,25-17+,26-21+,27-20+,31-15+. The quantitative estimate of drug-likeness (QED) is 0.0928. The number of rotatable bonds is 15. The number of ether oxygens (including phenoxy) is 6. The Balaban J connectivity index is 2.51. The van der Waals surface area contributed by atoms with Crippen LogP contribution in [0.3, 0.4) is 0 Å². The summed E-state index contributed by atoms with van der Waals surface area (Å²) in [6.45, 7) is 16.6. The monoisotopic (exact) mass is 840 g/mol. The first kappa shape index (κ1) is 52.3. The first-order valence-electron chi connectivity index (χ1n) is 20.5. The third-order valence-electron chi connectivity index (χ3n) is 10.6. The maximum absolute atomic E-state index is 13.5. The van der Waals surface area contributed by atoms with E-state index in [0.717, 1.165) is 5.57 Å². The molecule has 2 rings (SSSR count). The molecular formula is C44H72O15. The van der Waals surface area contributed by atoms with Crippen LogP contribution in [0.5, 0.6) is 0 Å². The molecule has 1 fully saturated rings. The van der Waals surface area contributed by atoms with Gasteiger partial charge in [-0.25, -0.2) is 4.79 Å². The van der Waals surface area contributed by atoms with E-state index in [4.69, 9.17) is 28.4 Å². The van der Waals surface area contributed by atoms with Crippen LogP contribution in [0.15, 0.2) is 58.7 Å². The summed E-state index contributed by atoms with van der Waals surface area (Å²) in [6, 6.07) is 0. The van der Waals surface area contributed by atoms with Crippen LogP contribution < -0.4 is 0 Å². The van der Waals surface area contributed by atoms with Gasteiger partial charge in [0.2, 0.25) is 0 Å². The number of carbonyl (C=O) groups excluding carboxylic acids is 2. The molecule has 2 heterocycles. The van der Waals surface area contributed by atoms with Gasteiger partial charge in [-0.15, -0.1) is 0 Å². The predicted molar refractivity (Wildman–Crippen MR) is 220 cm³/mol. The van der Waals surface area contributed by atoms with Crippen molar-refractivity contribution < 1.29 is 73.8 Å². The molecule has 0 aromatic rings. The number of aliphatic hydroxyl groups excluding tert-OH is 7. The Kier molecular flexibility index (Phi) is 21.8. The van der Waals surface area contributed by atoms with Crippen LogP contribution >= 0.6 is 0 Å². The van der Waals surface area contributed by atoms with E-state index in [0.29, 0.717) is 17.6 Å². The van der Waals surface area contributed by atoms with Crippen molar-refractivity contribution in [1.82, 2.24) is 0 Å². The molecule has 7 N–H and O–H groups in total. The van der Waals surface area contributed by atoms with Gasteiger partial charge in [-0.05, 0) is 84.4 Å². The Bertz CT molecular complexity index is 1480. The fourth-order valence-electron chi connectivity index (χ4n) is 6.84. The number of aliphatic hydroxyl groups is 7. The van der Waals surface area contributed by atoms with E-state index in [-0.39, 0.29) is 43.3 Å². The SMILES string of the molecule is CCC1/C=C(\C)C(O)C/C=C/C=C(\COC(C)C(O)C(O)C(CO)OC)C(=O)OC(C(C)O)C/C=C(C)/C=C(\C)C1OC1OC(C)(C)C(OC(=O)CC(C)C)C(O)C1O. The summed E-state index contributed by atoms with van der Waals surface area (Å²) in [5, 5.41) is 74.9. The van der Waals surface area contributed by atoms with Crippen LogP contribution in [0.25, 0.3) is 0 Å². The summed E-state index contributed by atoms with van der Waals surface area (Å²) >= 11 is 0. The van der Waals surface area contributed by atoms with Crippen LogP contribution in [0.1, 0.15) is 94.9 Å². The summed E-state index contributed by atoms with van der Waals surface area (Å²) in [7, 11) is 1.28. The van der Waals surface area contributed by atoms with Crippen molar-refractivity contribution >= 4 is 11.9 Å². The fraction of sp³-hybridized carbons (Fsp3) is 0.727. The number of methoxy groups -OCH3 is 1. The molecule has 1 saturated heterocycles. The third-order valence-corrected chi connectivity index (χ3v) is 10.6. The largest absolute Gasteiger partial charge is 0.456 e. The molecule has 338 valence electrons. The molecule has 15 heteroatoms. The Hall–Kier alpha value is -2.80. The summed E-state index contributed by atoms with van der Waals surface area (Å²) < 4.78 is 34.9. The second-order valence-corrected chi connectivity index (χ2v) is 16.7. The van der Waals surface area contributed by atoms with Gasteiger partial charge in [0.05, 0.1) is 43.2 Å². The number of hydrogen-bond donors (Lipinski definition) is 7. The average Bonchev–Trinajstić information content (AvgIpc) is 3.16. The lowest BCUT2D eigenvalue weighted by Crippen LogP contribution is -2.64. The summed E-state index contributed by atoms with van der Waals surface area (Å²) in [5.41, 5.74) is 0.876. The van der Waals surface area contributed by atoms with Gasteiger partial charge in [-0.2, -0.15) is 0 Å². The highest BCUT2D eigenvalue weighted by molar-refractivity contribution is 5.89. The molecule has 0 saturated carbocycles. The smallest absolute Gasteiger partial charge is 0.336 e. The zero-order valence-corrected chi connectivity index (χ0v) is 36.7. The molecule has 2 aliphatic heterocycles. The lowest BCUT2D eigenvalue weighted by molar-refractivity contribution is -0.333. The molecular weight excluding hydrogens is 768 g/mol. The van der Waals surface area contributed by atoms with Gasteiger partial charge in [-0.3, -0.25) is 4.79 Å². The van der Waals surface area contributed by atoms with Crippen molar-refractivity contribution in [3.63, 3.8) is 0 Å². The number of carbonyl (C=O) groups is 2. The van der Waals surface area contributed by atoms with E-state index in [1.807, 2.05) is 46.8 Å². The third kappa shape index (κ3) is 15.9. The van der Waals surface area contributed by atoms with Crippen molar-refractivity contribution in [2.45, 2.75) is 174 Å². The van der Waals surface area contributed by atoms with Gasteiger partial charge in [0.15, 0.2) is 12.4 Å². The van der Waals surface area contributed by atoms with E-state index < -0.39 is 97.6 Å². The van der Waals surface area contributed by atoms with Crippen LogP contribution in [-0.4, -0.2) is 147 Å². The Morgan fingerprint density at radius 3 is 2.22 bits per heavy atom. The first-order valence-corrected chi connectivity index (χ1v) is 20.5. The summed E-state index contributed by atoms with van der Waals surface area (Å²) in [5.74, 6) is -1.64. The van der Waals surface area contributed by atoms with Crippen molar-refractivity contribution in [3.8, 4) is 0 Å². The molecule has 0 aromatic carbocycles. The van der Waals surface area contributed by atoms with Crippen LogP contribution in [0, 0.1) is 11.8 Å². The zero-order valence-electron chi connectivity index (χ0n) is 36.7. The Morgan fingerprint density at radius 2 is 1.64 bits per heavy atom. The minimum absolute atomic E-state index is 0.0281. The summed E-state index contributed by atoms with van der Waals surface area (Å²) in [6.07, 6.45) is -3.12. The van der Waals surface area contributed by atoms with Gasteiger partial charge in [0.1, 0.15) is 42.2 Å². The van der Waals surface area contributed by atoms with Gasteiger partial charge < -0.3 is 64.2 Å². The van der Waals surface area contributed by atoms with Crippen molar-refractivity contribution in [2.24, 2.45) is 11.8 Å². The highest BCUT2D eigenvalue weighted by Gasteiger charge is 2.52. The number of hydrogen-bond acceptors (Lipinski definition) is 15. The van der Waals surface area contributed by atoms with Crippen molar-refractivity contribution in [1.29, 1.82) is 0 Å². The fourth-order valence-corrected chi connectivity index (χ4v) is 6.84. The summed E-state index contributed by atoms with van der Waals surface area (Å²) in [4.78, 5) is 26.1. The van der Waals surface area contributed by atoms with Crippen molar-refractivity contribution in [3.05, 3.63) is 58.7 Å². The van der Waals surface area contributed by atoms with Crippen LogP contribution in [0.4, 0.5) is 0 Å². The second kappa shape index (κ2) is 24.6. The van der Waals surface area contributed by atoms with Crippen LogP contribution in [-0.2, 0) is 38.0 Å². The molecule has 0 bridgehead atoms. The molecule has 0 spiro atoms. The average molecular weight is 841 g/mol. The highest BCUT2D eigenvalue weighted by Crippen LogP contribution is 2.36. The van der Waals surface area contributed by atoms with Gasteiger partial charge in [-0.1, -0.05) is 56.7 Å². The van der Waals surface area contributed by atoms with E-state index in [9.17, 15) is 45.3 Å². The molecule has 15 nitrogen and oxygen atoms in total. The molecule has 2 aliphatic rings. The molecule has 0 radical (unpaired) electrons. The maximum atomic E-state index is 13.5. The van der Waals surface area contributed by atoms with E-state index in [1.54, 1.807) is 39.0 Å². The molecule has 59 heavy (non-hydrogen) atoms. The normalized spacial score (nSPS) is 34.4. The lowest BCUT2D eigenvalue weighted by Gasteiger charge is -2.47. The van der Waals surface area contributed by atoms with E-state index in [2.05, 4.69) is 0 Å². The minimum atomic E-state index is -1.57. The van der Waals surface area contributed by atoms with Gasteiger partial charge >= 0.3 is 11.9 Å². The molecule has 13 atom stereocenters.